The molecule has 0 nitrogen and oxygen atoms in total. The Labute approximate surface area is 111 Å². The van der Waals surface area contributed by atoms with Crippen molar-refractivity contribution in [2.75, 3.05) is 0 Å². The number of hydrogen-bond acceptors (Lipinski definition) is 0. The van der Waals surface area contributed by atoms with Gasteiger partial charge in [-0.15, -0.1) is 0 Å². The Morgan fingerprint density at radius 3 is 1.35 bits per heavy atom. The van der Waals surface area contributed by atoms with Gasteiger partial charge in [0.2, 0.25) is 0 Å². The number of rotatable bonds is 11. The van der Waals surface area contributed by atoms with Gasteiger partial charge >= 0.3 is 0 Å². The summed E-state index contributed by atoms with van der Waals surface area (Å²) in [4.78, 5) is 0. The van der Waals surface area contributed by atoms with E-state index in [-0.39, 0.29) is 0 Å². The Kier molecular flexibility index (Phi) is 11.1. The second kappa shape index (κ2) is 11.1. The smallest absolute Gasteiger partial charge is 0.0386 e. The van der Waals surface area contributed by atoms with Gasteiger partial charge in [-0.1, -0.05) is 86.0 Å². The van der Waals surface area contributed by atoms with E-state index >= 15 is 0 Å². The third-order valence-electron chi connectivity index (χ3n) is 4.37. The molecule has 0 aromatic rings. The second-order valence-electron chi connectivity index (χ2n) is 5.98. The maximum Gasteiger partial charge on any atom is -0.0386 e. The van der Waals surface area contributed by atoms with Gasteiger partial charge in [-0.3, -0.25) is 0 Å². The van der Waals surface area contributed by atoms with Crippen LogP contribution in [0.25, 0.3) is 0 Å². The first-order valence-corrected chi connectivity index (χ1v) is 8.19. The van der Waals surface area contributed by atoms with E-state index in [1.807, 2.05) is 0 Å². The maximum atomic E-state index is 2.41. The lowest BCUT2D eigenvalue weighted by Crippen LogP contribution is -2.16. The summed E-state index contributed by atoms with van der Waals surface area (Å²) < 4.78 is 0. The lowest BCUT2D eigenvalue weighted by Gasteiger charge is -2.27. The Morgan fingerprint density at radius 2 is 1.00 bits per heavy atom. The predicted molar refractivity (Wildman–Crippen MR) is 80.4 cm³/mol. The Morgan fingerprint density at radius 1 is 0.588 bits per heavy atom. The molecule has 104 valence electrons. The van der Waals surface area contributed by atoms with Crippen LogP contribution in [0, 0.1) is 17.8 Å². The minimum absolute atomic E-state index is 0.929. The van der Waals surface area contributed by atoms with Gasteiger partial charge in [-0.05, 0) is 24.2 Å². The molecule has 0 rings (SSSR count). The summed E-state index contributed by atoms with van der Waals surface area (Å²) in [5.41, 5.74) is 0. The molecule has 0 fully saturated rings. The lowest BCUT2D eigenvalue weighted by molar-refractivity contribution is 0.240. The zero-order valence-electron chi connectivity index (χ0n) is 13.1. The van der Waals surface area contributed by atoms with E-state index in [4.69, 9.17) is 0 Å². The van der Waals surface area contributed by atoms with Gasteiger partial charge in [0.15, 0.2) is 0 Å². The molecule has 0 heteroatoms. The zero-order chi connectivity index (χ0) is 13.1. The highest BCUT2D eigenvalue weighted by Crippen LogP contribution is 2.31. The fourth-order valence-electron chi connectivity index (χ4n) is 3.05. The third kappa shape index (κ3) is 7.84. The van der Waals surface area contributed by atoms with Crippen molar-refractivity contribution in [1.29, 1.82) is 0 Å². The molecule has 17 heavy (non-hydrogen) atoms. The SMILES string of the molecule is CCCC(CCC)C(CCC)CCC(C)CC. The van der Waals surface area contributed by atoms with Gasteiger partial charge in [-0.25, -0.2) is 0 Å². The van der Waals surface area contributed by atoms with Crippen molar-refractivity contribution in [3.8, 4) is 0 Å². The van der Waals surface area contributed by atoms with Crippen LogP contribution < -0.4 is 0 Å². The molecule has 0 saturated carbocycles. The highest BCUT2D eigenvalue weighted by molar-refractivity contribution is 4.71. The molecule has 0 aromatic carbocycles. The molecule has 2 atom stereocenters. The van der Waals surface area contributed by atoms with Gasteiger partial charge in [0.1, 0.15) is 0 Å². The fraction of sp³-hybridized carbons (Fsp3) is 1.00. The summed E-state index contributed by atoms with van der Waals surface area (Å²) in [7, 11) is 0. The van der Waals surface area contributed by atoms with Gasteiger partial charge < -0.3 is 0 Å². The third-order valence-corrected chi connectivity index (χ3v) is 4.37. The molecule has 0 aliphatic carbocycles. The van der Waals surface area contributed by atoms with E-state index in [0.717, 1.165) is 17.8 Å². The van der Waals surface area contributed by atoms with Crippen LogP contribution in [-0.4, -0.2) is 0 Å². The largest absolute Gasteiger partial charge is 0.0654 e. The molecule has 0 bridgehead atoms. The summed E-state index contributed by atoms with van der Waals surface area (Å²) in [6, 6.07) is 0. The van der Waals surface area contributed by atoms with Crippen LogP contribution in [0.15, 0.2) is 0 Å². The minimum Gasteiger partial charge on any atom is -0.0654 e. The highest BCUT2D eigenvalue weighted by atomic mass is 14.2. The van der Waals surface area contributed by atoms with Gasteiger partial charge in [0.25, 0.3) is 0 Å². The second-order valence-corrected chi connectivity index (χ2v) is 5.98. The van der Waals surface area contributed by atoms with E-state index in [1.165, 1.54) is 57.8 Å². The van der Waals surface area contributed by atoms with E-state index in [2.05, 4.69) is 34.6 Å². The van der Waals surface area contributed by atoms with Crippen LogP contribution in [0.2, 0.25) is 0 Å². The van der Waals surface area contributed by atoms with Crippen molar-refractivity contribution < 1.29 is 0 Å². The quantitative estimate of drug-likeness (QED) is 0.389. The van der Waals surface area contributed by atoms with Crippen LogP contribution in [-0.2, 0) is 0 Å². The Balaban J connectivity index is 4.22. The van der Waals surface area contributed by atoms with Crippen LogP contribution >= 0.6 is 0 Å². The Hall–Kier alpha value is 0. The van der Waals surface area contributed by atoms with Crippen molar-refractivity contribution in [3.63, 3.8) is 0 Å². The summed E-state index contributed by atoms with van der Waals surface area (Å²) >= 11 is 0. The Bertz CT molecular complexity index is 144. The van der Waals surface area contributed by atoms with Crippen molar-refractivity contribution in [2.45, 2.75) is 92.4 Å². The summed E-state index contributed by atoms with van der Waals surface area (Å²) in [6.07, 6.45) is 12.8. The molecule has 0 saturated heterocycles. The van der Waals surface area contributed by atoms with Crippen LogP contribution in [0.1, 0.15) is 92.4 Å². The number of hydrogen-bond donors (Lipinski definition) is 0. The standard InChI is InChI=1S/C17H36/c1-6-10-16(11-7-2)17(12-8-3)14-13-15(5)9-4/h15-17H,6-14H2,1-5H3. The average molecular weight is 240 g/mol. The molecule has 2 unspecified atom stereocenters. The molecular formula is C17H36. The van der Waals surface area contributed by atoms with E-state index in [9.17, 15) is 0 Å². The average Bonchev–Trinajstić information content (AvgIpc) is 2.33. The van der Waals surface area contributed by atoms with Crippen molar-refractivity contribution in [1.82, 2.24) is 0 Å². The van der Waals surface area contributed by atoms with Crippen LogP contribution in [0.4, 0.5) is 0 Å². The molecule has 0 radical (unpaired) electrons. The molecule has 0 aliphatic heterocycles. The molecule has 0 aliphatic rings. The normalized spacial score (nSPS) is 15.2. The topological polar surface area (TPSA) is 0 Å². The lowest BCUT2D eigenvalue weighted by atomic mass is 9.78. The first kappa shape index (κ1) is 17.0. The fourth-order valence-corrected chi connectivity index (χ4v) is 3.05. The van der Waals surface area contributed by atoms with Crippen molar-refractivity contribution >= 4 is 0 Å². The minimum atomic E-state index is 0.929. The highest BCUT2D eigenvalue weighted by Gasteiger charge is 2.19. The molecule has 0 amide bonds. The maximum absolute atomic E-state index is 2.41. The predicted octanol–water partition coefficient (Wildman–Crippen LogP) is 6.45. The summed E-state index contributed by atoms with van der Waals surface area (Å²) in [6.45, 7) is 11.8. The van der Waals surface area contributed by atoms with E-state index in [1.54, 1.807) is 0 Å². The summed E-state index contributed by atoms with van der Waals surface area (Å²) in [5.74, 6) is 2.95. The van der Waals surface area contributed by atoms with Crippen LogP contribution in [0.5, 0.6) is 0 Å². The van der Waals surface area contributed by atoms with E-state index < -0.39 is 0 Å². The van der Waals surface area contributed by atoms with Gasteiger partial charge in [-0.2, -0.15) is 0 Å². The summed E-state index contributed by atoms with van der Waals surface area (Å²) in [5, 5.41) is 0. The molecule has 0 heterocycles. The van der Waals surface area contributed by atoms with Gasteiger partial charge in [0.05, 0.1) is 0 Å². The zero-order valence-corrected chi connectivity index (χ0v) is 13.1. The van der Waals surface area contributed by atoms with Crippen LogP contribution in [0.3, 0.4) is 0 Å². The first-order chi connectivity index (χ1) is 8.19. The monoisotopic (exact) mass is 240 g/mol. The molecular weight excluding hydrogens is 204 g/mol. The molecule has 0 aromatic heterocycles. The first-order valence-electron chi connectivity index (χ1n) is 8.19. The molecule has 0 N–H and O–H groups in total. The van der Waals surface area contributed by atoms with Crippen molar-refractivity contribution in [2.24, 2.45) is 17.8 Å². The van der Waals surface area contributed by atoms with Gasteiger partial charge in [0, 0.05) is 0 Å². The van der Waals surface area contributed by atoms with E-state index in [0.29, 0.717) is 0 Å². The molecule has 0 spiro atoms. The van der Waals surface area contributed by atoms with Crippen molar-refractivity contribution in [3.05, 3.63) is 0 Å².